The van der Waals surface area contributed by atoms with Gasteiger partial charge in [0, 0.05) is 24.6 Å². The van der Waals surface area contributed by atoms with Crippen LogP contribution in [-0.4, -0.2) is 23.8 Å². The summed E-state index contributed by atoms with van der Waals surface area (Å²) >= 11 is 0. The van der Waals surface area contributed by atoms with Gasteiger partial charge in [0.05, 0.1) is 0 Å². The van der Waals surface area contributed by atoms with Crippen LogP contribution in [0, 0.1) is 12.8 Å². The van der Waals surface area contributed by atoms with Crippen molar-refractivity contribution in [2.45, 2.75) is 26.3 Å². The summed E-state index contributed by atoms with van der Waals surface area (Å²) in [7, 11) is 0. The van der Waals surface area contributed by atoms with Crippen molar-refractivity contribution < 1.29 is 4.79 Å². The quantitative estimate of drug-likeness (QED) is 0.791. The van der Waals surface area contributed by atoms with Crippen LogP contribution in [0.3, 0.4) is 0 Å². The number of likely N-dealkylation sites (tertiary alicyclic amines) is 1. The zero-order valence-electron chi connectivity index (χ0n) is 13.2. The van der Waals surface area contributed by atoms with E-state index >= 15 is 0 Å². The molecule has 1 fully saturated rings. The summed E-state index contributed by atoms with van der Waals surface area (Å²) in [4.78, 5) is 15.1. The molecule has 3 rings (SSSR count). The fourth-order valence-corrected chi connectivity index (χ4v) is 3.21. The van der Waals surface area contributed by atoms with E-state index in [1.807, 2.05) is 30.3 Å². The van der Waals surface area contributed by atoms with Crippen LogP contribution in [0.2, 0.25) is 0 Å². The van der Waals surface area contributed by atoms with Crippen molar-refractivity contribution in [3.8, 4) is 0 Å². The zero-order chi connectivity index (χ0) is 15.4. The number of nitrogens with zero attached hydrogens (tertiary/aromatic N) is 1. The molecule has 1 saturated heterocycles. The maximum absolute atomic E-state index is 12.7. The zero-order valence-corrected chi connectivity index (χ0v) is 13.2. The minimum Gasteiger partial charge on any atom is -0.298 e. The fourth-order valence-electron chi connectivity index (χ4n) is 3.21. The first-order chi connectivity index (χ1) is 10.7. The molecule has 0 radical (unpaired) electrons. The van der Waals surface area contributed by atoms with Gasteiger partial charge in [0.15, 0.2) is 5.78 Å². The number of rotatable bonds is 4. The van der Waals surface area contributed by atoms with E-state index < -0.39 is 0 Å². The Morgan fingerprint density at radius 2 is 1.82 bits per heavy atom. The van der Waals surface area contributed by atoms with Crippen LogP contribution in [0.1, 0.15) is 34.3 Å². The summed E-state index contributed by atoms with van der Waals surface area (Å²) in [6, 6.07) is 18.5. The smallest absolute Gasteiger partial charge is 0.167 e. The molecule has 2 aromatic carbocycles. The van der Waals surface area contributed by atoms with E-state index in [1.54, 1.807) is 0 Å². The first-order valence-corrected chi connectivity index (χ1v) is 8.09. The number of carbonyl (C=O) groups is 1. The molecule has 0 aromatic heterocycles. The number of hydrogen-bond donors (Lipinski definition) is 0. The monoisotopic (exact) mass is 293 g/mol. The topological polar surface area (TPSA) is 20.3 Å². The molecule has 0 amide bonds. The Hall–Kier alpha value is -1.93. The van der Waals surface area contributed by atoms with Crippen molar-refractivity contribution >= 4 is 5.78 Å². The molecule has 2 heteroatoms. The first-order valence-electron chi connectivity index (χ1n) is 8.09. The van der Waals surface area contributed by atoms with Gasteiger partial charge in [-0.3, -0.25) is 9.69 Å². The van der Waals surface area contributed by atoms with Crippen LogP contribution >= 0.6 is 0 Å². The van der Waals surface area contributed by atoms with E-state index in [2.05, 4.69) is 36.1 Å². The van der Waals surface area contributed by atoms with Gasteiger partial charge in [-0.2, -0.15) is 0 Å². The second-order valence-corrected chi connectivity index (χ2v) is 6.29. The summed E-state index contributed by atoms with van der Waals surface area (Å²) in [5.74, 6) is 0.443. The average Bonchev–Trinajstić information content (AvgIpc) is 2.56. The molecule has 0 bridgehead atoms. The summed E-state index contributed by atoms with van der Waals surface area (Å²) in [6.45, 7) is 4.96. The van der Waals surface area contributed by atoms with Gasteiger partial charge >= 0.3 is 0 Å². The van der Waals surface area contributed by atoms with Gasteiger partial charge < -0.3 is 0 Å². The second-order valence-electron chi connectivity index (χ2n) is 6.29. The molecule has 22 heavy (non-hydrogen) atoms. The highest BCUT2D eigenvalue weighted by Crippen LogP contribution is 2.22. The van der Waals surface area contributed by atoms with Gasteiger partial charge in [-0.25, -0.2) is 0 Å². The van der Waals surface area contributed by atoms with Gasteiger partial charge in [0.1, 0.15) is 0 Å². The minimum atomic E-state index is 0.139. The molecule has 0 saturated carbocycles. The molecule has 2 aromatic rings. The Balaban J connectivity index is 1.65. The van der Waals surface area contributed by atoms with Crippen LogP contribution in [-0.2, 0) is 6.54 Å². The molecule has 2 nitrogen and oxygen atoms in total. The SMILES string of the molecule is Cc1ccc(C(=O)C2CCCN(Cc3ccccc3)C2)cc1. The van der Waals surface area contributed by atoms with Crippen molar-refractivity contribution in [1.29, 1.82) is 0 Å². The van der Waals surface area contributed by atoms with Crippen LogP contribution in [0.25, 0.3) is 0 Å². The summed E-state index contributed by atoms with van der Waals surface area (Å²) < 4.78 is 0. The van der Waals surface area contributed by atoms with Crippen molar-refractivity contribution in [2.75, 3.05) is 13.1 Å². The molecular weight excluding hydrogens is 270 g/mol. The standard InChI is InChI=1S/C20H23NO/c1-16-9-11-18(12-10-16)20(22)19-8-5-13-21(15-19)14-17-6-3-2-4-7-17/h2-4,6-7,9-12,19H,5,8,13-15H2,1H3. The lowest BCUT2D eigenvalue weighted by Crippen LogP contribution is -2.38. The highest BCUT2D eigenvalue weighted by molar-refractivity contribution is 5.98. The molecule has 0 spiro atoms. The molecule has 1 unspecified atom stereocenters. The van der Waals surface area contributed by atoms with Gasteiger partial charge in [-0.1, -0.05) is 60.2 Å². The largest absolute Gasteiger partial charge is 0.298 e. The van der Waals surface area contributed by atoms with E-state index in [1.165, 1.54) is 11.1 Å². The molecule has 0 N–H and O–H groups in total. The van der Waals surface area contributed by atoms with E-state index in [4.69, 9.17) is 0 Å². The van der Waals surface area contributed by atoms with Crippen LogP contribution in [0.15, 0.2) is 54.6 Å². The maximum Gasteiger partial charge on any atom is 0.167 e. The van der Waals surface area contributed by atoms with Gasteiger partial charge in [0.25, 0.3) is 0 Å². The Bertz CT molecular complexity index is 618. The van der Waals surface area contributed by atoms with Gasteiger partial charge in [-0.05, 0) is 31.9 Å². The summed E-state index contributed by atoms with van der Waals surface area (Å²) in [5, 5.41) is 0. The van der Waals surface area contributed by atoms with Gasteiger partial charge in [-0.15, -0.1) is 0 Å². The van der Waals surface area contributed by atoms with E-state index in [-0.39, 0.29) is 5.92 Å². The van der Waals surface area contributed by atoms with E-state index in [0.29, 0.717) is 5.78 Å². The van der Waals surface area contributed by atoms with Crippen molar-refractivity contribution in [2.24, 2.45) is 5.92 Å². The predicted molar refractivity (Wildman–Crippen MR) is 90.0 cm³/mol. The van der Waals surface area contributed by atoms with Crippen LogP contribution < -0.4 is 0 Å². The normalized spacial score (nSPS) is 19.0. The number of aryl methyl sites for hydroxylation is 1. The third kappa shape index (κ3) is 3.63. The molecule has 114 valence electrons. The van der Waals surface area contributed by atoms with Crippen molar-refractivity contribution in [3.05, 3.63) is 71.3 Å². The third-order valence-electron chi connectivity index (χ3n) is 4.46. The number of ketones is 1. The highest BCUT2D eigenvalue weighted by atomic mass is 16.1. The molecule has 1 atom stereocenters. The van der Waals surface area contributed by atoms with Crippen molar-refractivity contribution in [3.63, 3.8) is 0 Å². The minimum absolute atomic E-state index is 0.139. The highest BCUT2D eigenvalue weighted by Gasteiger charge is 2.26. The second kappa shape index (κ2) is 6.89. The molecule has 1 aliphatic heterocycles. The Morgan fingerprint density at radius 3 is 2.55 bits per heavy atom. The molecular formula is C20H23NO. The summed E-state index contributed by atoms with van der Waals surface area (Å²) in [6.07, 6.45) is 2.12. The lowest BCUT2D eigenvalue weighted by Gasteiger charge is -2.32. The fraction of sp³-hybridized carbons (Fsp3) is 0.350. The average molecular weight is 293 g/mol. The lowest BCUT2D eigenvalue weighted by atomic mass is 9.89. The van der Waals surface area contributed by atoms with E-state index in [0.717, 1.165) is 38.0 Å². The van der Waals surface area contributed by atoms with Crippen molar-refractivity contribution in [1.82, 2.24) is 4.90 Å². The number of carbonyl (C=O) groups excluding carboxylic acids is 1. The molecule has 1 heterocycles. The predicted octanol–water partition coefficient (Wildman–Crippen LogP) is 4.09. The Kier molecular flexibility index (Phi) is 4.69. The van der Waals surface area contributed by atoms with E-state index in [9.17, 15) is 4.79 Å². The number of benzene rings is 2. The van der Waals surface area contributed by atoms with Crippen LogP contribution in [0.4, 0.5) is 0 Å². The first kappa shape index (κ1) is 15.0. The Morgan fingerprint density at radius 1 is 1.09 bits per heavy atom. The summed E-state index contributed by atoms with van der Waals surface area (Å²) in [5.41, 5.74) is 3.38. The lowest BCUT2D eigenvalue weighted by molar-refractivity contribution is 0.0811. The van der Waals surface area contributed by atoms with Gasteiger partial charge in [0.2, 0.25) is 0 Å². The number of Topliss-reactive ketones (excluding diaryl/α,β-unsaturated/α-hetero) is 1. The number of hydrogen-bond acceptors (Lipinski definition) is 2. The number of piperidine rings is 1. The maximum atomic E-state index is 12.7. The Labute approximate surface area is 132 Å². The van der Waals surface area contributed by atoms with Crippen LogP contribution in [0.5, 0.6) is 0 Å². The third-order valence-corrected chi connectivity index (χ3v) is 4.46. The molecule has 0 aliphatic carbocycles. The molecule has 1 aliphatic rings.